The van der Waals surface area contributed by atoms with Crippen LogP contribution in [0.4, 0.5) is 0 Å². The van der Waals surface area contributed by atoms with Crippen LogP contribution >= 0.6 is 0 Å². The molecule has 0 aliphatic rings. The molecule has 0 aliphatic heterocycles. The third-order valence-electron chi connectivity index (χ3n) is 2.34. The monoisotopic (exact) mass is 236 g/mol. The van der Waals surface area contributed by atoms with Gasteiger partial charge in [-0.2, -0.15) is 0 Å². The van der Waals surface area contributed by atoms with Gasteiger partial charge in [0.25, 0.3) is 5.91 Å². The lowest BCUT2D eigenvalue weighted by Crippen LogP contribution is -2.25. The highest BCUT2D eigenvalue weighted by Crippen LogP contribution is 1.95. The zero-order valence-electron chi connectivity index (χ0n) is 10.3. The van der Waals surface area contributed by atoms with Gasteiger partial charge in [0.1, 0.15) is 0 Å². The zero-order chi connectivity index (χ0) is 12.3. The number of aromatic nitrogens is 1. The van der Waals surface area contributed by atoms with Crippen LogP contribution < -0.4 is 5.32 Å². The molecule has 4 heteroatoms. The number of pyridine rings is 1. The Hall–Kier alpha value is -1.42. The zero-order valence-corrected chi connectivity index (χ0v) is 10.3. The number of unbranched alkanes of at least 4 members (excludes halogenated alkanes) is 1. The van der Waals surface area contributed by atoms with Gasteiger partial charge in [-0.05, 0) is 25.0 Å². The van der Waals surface area contributed by atoms with Crippen molar-refractivity contribution in [2.45, 2.75) is 26.2 Å². The normalized spacial score (nSPS) is 10.2. The summed E-state index contributed by atoms with van der Waals surface area (Å²) in [6.45, 7) is 4.30. The minimum atomic E-state index is -0.0547. The molecule has 0 fully saturated rings. The van der Waals surface area contributed by atoms with E-state index in [1.807, 2.05) is 0 Å². The molecule has 1 aromatic heterocycles. The van der Waals surface area contributed by atoms with Crippen LogP contribution in [0, 0.1) is 0 Å². The number of carbonyl (C=O) groups is 1. The first-order chi connectivity index (χ1) is 8.34. The summed E-state index contributed by atoms with van der Waals surface area (Å²) in [7, 11) is 0. The maximum Gasteiger partial charge on any atom is 0.251 e. The van der Waals surface area contributed by atoms with Crippen LogP contribution in [-0.2, 0) is 4.74 Å². The van der Waals surface area contributed by atoms with E-state index < -0.39 is 0 Å². The summed E-state index contributed by atoms with van der Waals surface area (Å²) in [5, 5.41) is 2.84. The van der Waals surface area contributed by atoms with Crippen molar-refractivity contribution in [2.24, 2.45) is 0 Å². The van der Waals surface area contributed by atoms with Crippen molar-refractivity contribution in [3.05, 3.63) is 30.1 Å². The fourth-order valence-corrected chi connectivity index (χ4v) is 1.33. The number of rotatable bonds is 8. The average molecular weight is 236 g/mol. The second kappa shape index (κ2) is 8.70. The summed E-state index contributed by atoms with van der Waals surface area (Å²) in [6, 6.07) is 3.40. The molecule has 0 saturated carbocycles. The minimum Gasteiger partial charge on any atom is -0.381 e. The second-order valence-corrected chi connectivity index (χ2v) is 3.81. The molecule has 0 aliphatic carbocycles. The molecule has 0 bridgehead atoms. The molecule has 4 nitrogen and oxygen atoms in total. The van der Waals surface area contributed by atoms with E-state index in [2.05, 4.69) is 17.2 Å². The molecule has 0 spiro atoms. The van der Waals surface area contributed by atoms with Gasteiger partial charge >= 0.3 is 0 Å². The summed E-state index contributed by atoms with van der Waals surface area (Å²) >= 11 is 0. The molecule has 1 N–H and O–H groups in total. The number of nitrogens with one attached hydrogen (secondary N) is 1. The Morgan fingerprint density at radius 3 is 2.71 bits per heavy atom. The standard InChI is InChI=1S/C13H20N2O2/c1-2-3-10-17-11-4-7-15-13(16)12-5-8-14-9-6-12/h5-6,8-9H,2-4,7,10-11H2,1H3,(H,15,16). The minimum absolute atomic E-state index is 0.0547. The van der Waals surface area contributed by atoms with Gasteiger partial charge in [0, 0.05) is 37.7 Å². The quantitative estimate of drug-likeness (QED) is 0.702. The highest BCUT2D eigenvalue weighted by molar-refractivity contribution is 5.93. The number of hydrogen-bond acceptors (Lipinski definition) is 3. The molecular formula is C13H20N2O2. The molecule has 0 atom stereocenters. The Bertz CT molecular complexity index is 314. The fraction of sp³-hybridized carbons (Fsp3) is 0.538. The lowest BCUT2D eigenvalue weighted by atomic mass is 10.2. The first kappa shape index (κ1) is 13.6. The Balaban J connectivity index is 2.05. The number of hydrogen-bond donors (Lipinski definition) is 1. The van der Waals surface area contributed by atoms with Crippen LogP contribution in [0.2, 0.25) is 0 Å². The van der Waals surface area contributed by atoms with Gasteiger partial charge in [-0.25, -0.2) is 0 Å². The second-order valence-electron chi connectivity index (χ2n) is 3.81. The van der Waals surface area contributed by atoms with E-state index in [4.69, 9.17) is 4.74 Å². The van der Waals surface area contributed by atoms with Gasteiger partial charge in [0.05, 0.1) is 0 Å². The molecule has 0 radical (unpaired) electrons. The van der Waals surface area contributed by atoms with Crippen LogP contribution in [0.15, 0.2) is 24.5 Å². The van der Waals surface area contributed by atoms with Gasteiger partial charge in [-0.3, -0.25) is 9.78 Å². The van der Waals surface area contributed by atoms with Crippen molar-refractivity contribution in [3.63, 3.8) is 0 Å². The molecule has 94 valence electrons. The van der Waals surface area contributed by atoms with Crippen molar-refractivity contribution in [1.82, 2.24) is 10.3 Å². The molecule has 1 aromatic rings. The largest absolute Gasteiger partial charge is 0.381 e. The van der Waals surface area contributed by atoms with Crippen molar-refractivity contribution >= 4 is 5.91 Å². The summed E-state index contributed by atoms with van der Waals surface area (Å²) in [5.41, 5.74) is 0.645. The number of carbonyl (C=O) groups excluding carboxylic acids is 1. The molecule has 1 amide bonds. The SMILES string of the molecule is CCCCOCCCNC(=O)c1ccncc1. The molecule has 0 saturated heterocycles. The van der Waals surface area contributed by atoms with Gasteiger partial charge in [0.15, 0.2) is 0 Å². The summed E-state index contributed by atoms with van der Waals surface area (Å²) < 4.78 is 5.40. The van der Waals surface area contributed by atoms with Crippen molar-refractivity contribution in [2.75, 3.05) is 19.8 Å². The molecule has 17 heavy (non-hydrogen) atoms. The maximum absolute atomic E-state index is 11.6. The Labute approximate surface area is 102 Å². The van der Waals surface area contributed by atoms with E-state index >= 15 is 0 Å². The first-order valence-corrected chi connectivity index (χ1v) is 6.10. The summed E-state index contributed by atoms with van der Waals surface area (Å²) in [4.78, 5) is 15.5. The van der Waals surface area contributed by atoms with E-state index in [0.717, 1.165) is 25.9 Å². The van der Waals surface area contributed by atoms with Crippen LogP contribution in [0.5, 0.6) is 0 Å². The third kappa shape index (κ3) is 6.02. The summed E-state index contributed by atoms with van der Waals surface area (Å²) in [6.07, 6.45) is 6.33. The van der Waals surface area contributed by atoms with Gasteiger partial charge in [-0.1, -0.05) is 13.3 Å². The predicted molar refractivity (Wildman–Crippen MR) is 66.9 cm³/mol. The lowest BCUT2D eigenvalue weighted by Gasteiger charge is -2.05. The topological polar surface area (TPSA) is 51.2 Å². The van der Waals surface area contributed by atoms with Crippen LogP contribution in [0.25, 0.3) is 0 Å². The third-order valence-corrected chi connectivity index (χ3v) is 2.34. The van der Waals surface area contributed by atoms with E-state index in [1.165, 1.54) is 0 Å². The molecular weight excluding hydrogens is 216 g/mol. The van der Waals surface area contributed by atoms with E-state index in [0.29, 0.717) is 18.7 Å². The molecule has 0 aromatic carbocycles. The number of amides is 1. The van der Waals surface area contributed by atoms with E-state index in [9.17, 15) is 4.79 Å². The first-order valence-electron chi connectivity index (χ1n) is 6.10. The van der Waals surface area contributed by atoms with Crippen molar-refractivity contribution in [1.29, 1.82) is 0 Å². The Morgan fingerprint density at radius 2 is 2.00 bits per heavy atom. The predicted octanol–water partition coefficient (Wildman–Crippen LogP) is 2.02. The highest BCUT2D eigenvalue weighted by atomic mass is 16.5. The summed E-state index contributed by atoms with van der Waals surface area (Å²) in [5.74, 6) is -0.0547. The maximum atomic E-state index is 11.6. The molecule has 0 unspecified atom stereocenters. The number of ether oxygens (including phenoxy) is 1. The smallest absolute Gasteiger partial charge is 0.251 e. The van der Waals surface area contributed by atoms with Crippen LogP contribution in [0.3, 0.4) is 0 Å². The number of nitrogens with zero attached hydrogens (tertiary/aromatic N) is 1. The van der Waals surface area contributed by atoms with Crippen molar-refractivity contribution < 1.29 is 9.53 Å². The Kier molecular flexibility index (Phi) is 6.98. The average Bonchev–Trinajstić information content (AvgIpc) is 2.38. The highest BCUT2D eigenvalue weighted by Gasteiger charge is 2.02. The van der Waals surface area contributed by atoms with E-state index in [1.54, 1.807) is 24.5 Å². The Morgan fingerprint density at radius 1 is 1.29 bits per heavy atom. The molecule has 1 rings (SSSR count). The van der Waals surface area contributed by atoms with Crippen LogP contribution in [-0.4, -0.2) is 30.6 Å². The van der Waals surface area contributed by atoms with Gasteiger partial charge in [-0.15, -0.1) is 0 Å². The van der Waals surface area contributed by atoms with Gasteiger partial charge in [0.2, 0.25) is 0 Å². The van der Waals surface area contributed by atoms with Crippen molar-refractivity contribution in [3.8, 4) is 0 Å². The molecule has 1 heterocycles. The van der Waals surface area contributed by atoms with E-state index in [-0.39, 0.29) is 5.91 Å². The van der Waals surface area contributed by atoms with Gasteiger partial charge < -0.3 is 10.1 Å². The lowest BCUT2D eigenvalue weighted by molar-refractivity contribution is 0.0940. The van der Waals surface area contributed by atoms with Crippen LogP contribution in [0.1, 0.15) is 36.5 Å². The fourth-order valence-electron chi connectivity index (χ4n) is 1.33.